The molecule has 7 nitrogen and oxygen atoms in total. The molecule has 120 valence electrons. The van der Waals surface area contributed by atoms with Crippen molar-refractivity contribution in [3.8, 4) is 11.6 Å². The summed E-state index contributed by atoms with van der Waals surface area (Å²) in [6, 6.07) is 10.3. The van der Waals surface area contributed by atoms with Crippen molar-refractivity contribution in [1.82, 2.24) is 10.3 Å². The third kappa shape index (κ3) is 5.24. The monoisotopic (exact) mass is 335 g/mol. The molecule has 0 fully saturated rings. The average molecular weight is 336 g/mol. The maximum atomic E-state index is 11.5. The topological polar surface area (TPSA) is 104 Å². The molecule has 1 heterocycles. The van der Waals surface area contributed by atoms with Crippen molar-refractivity contribution in [1.29, 1.82) is 0 Å². The molecule has 1 aromatic carbocycles. The molecule has 0 aliphatic heterocycles. The van der Waals surface area contributed by atoms with Crippen molar-refractivity contribution in [2.75, 3.05) is 6.54 Å². The summed E-state index contributed by atoms with van der Waals surface area (Å²) in [6.45, 7) is -0.0835. The maximum absolute atomic E-state index is 11.5. The molecule has 0 atom stereocenters. The van der Waals surface area contributed by atoms with Gasteiger partial charge in [-0.2, -0.15) is 0 Å². The van der Waals surface area contributed by atoms with Gasteiger partial charge in [-0.05, 0) is 29.8 Å². The predicted octanol–water partition coefficient (Wildman–Crippen LogP) is 1.89. The van der Waals surface area contributed by atoms with E-state index in [1.165, 1.54) is 6.20 Å². The average Bonchev–Trinajstić information content (AvgIpc) is 2.55. The summed E-state index contributed by atoms with van der Waals surface area (Å²) in [7, 11) is 0. The third-order valence-electron chi connectivity index (χ3n) is 2.66. The number of nitrogens with two attached hydrogens (primary N) is 1. The number of imide groups is 1. The molecule has 0 radical (unpaired) electrons. The number of carbonyl (C=O) groups is 2. The van der Waals surface area contributed by atoms with Gasteiger partial charge >= 0.3 is 6.09 Å². The van der Waals surface area contributed by atoms with Crippen LogP contribution in [-0.4, -0.2) is 23.5 Å². The van der Waals surface area contributed by atoms with Gasteiger partial charge in [0.15, 0.2) is 5.75 Å². The van der Waals surface area contributed by atoms with Crippen LogP contribution in [0, 0.1) is 0 Å². The lowest BCUT2D eigenvalue weighted by atomic mass is 10.2. The van der Waals surface area contributed by atoms with Gasteiger partial charge < -0.3 is 15.2 Å². The molecular weight excluding hydrogens is 322 g/mol. The first kappa shape index (κ1) is 16.7. The van der Waals surface area contributed by atoms with Gasteiger partial charge in [0.25, 0.3) is 5.88 Å². The molecule has 0 unspecified atom stereocenters. The van der Waals surface area contributed by atoms with E-state index >= 15 is 0 Å². The van der Waals surface area contributed by atoms with Crippen LogP contribution in [0.2, 0.25) is 5.02 Å². The van der Waals surface area contributed by atoms with E-state index in [0.717, 1.165) is 5.56 Å². The van der Waals surface area contributed by atoms with Crippen LogP contribution >= 0.6 is 11.6 Å². The summed E-state index contributed by atoms with van der Waals surface area (Å²) in [5.41, 5.74) is 5.98. The summed E-state index contributed by atoms with van der Waals surface area (Å²) in [5.74, 6) is -0.448. The lowest BCUT2D eigenvalue weighted by Crippen LogP contribution is -2.37. The fraction of sp³-hybridized carbons (Fsp3) is 0.133. The fourth-order valence-electron chi connectivity index (χ4n) is 1.58. The van der Waals surface area contributed by atoms with Crippen LogP contribution in [0.1, 0.15) is 5.56 Å². The molecule has 2 amide bonds. The second-order valence-corrected chi connectivity index (χ2v) is 4.80. The van der Waals surface area contributed by atoms with E-state index in [-0.39, 0.29) is 24.8 Å². The number of hydrogen-bond acceptors (Lipinski definition) is 6. The lowest BCUT2D eigenvalue weighted by molar-refractivity contribution is -0.118. The summed E-state index contributed by atoms with van der Waals surface area (Å²) in [5, 5.41) is 2.58. The number of ether oxygens (including phenoxy) is 2. The molecule has 1 aromatic heterocycles. The Labute approximate surface area is 137 Å². The molecule has 2 aromatic rings. The second-order valence-electron chi connectivity index (χ2n) is 4.36. The third-order valence-corrected chi connectivity index (χ3v) is 2.91. The van der Waals surface area contributed by atoms with Crippen LogP contribution in [0.3, 0.4) is 0 Å². The number of amides is 2. The molecule has 0 bridgehead atoms. The molecule has 0 saturated heterocycles. The number of halogens is 1. The van der Waals surface area contributed by atoms with Crippen molar-refractivity contribution >= 4 is 23.6 Å². The number of nitrogens with zero attached hydrogens (tertiary/aromatic N) is 1. The minimum absolute atomic E-state index is 0.0521. The van der Waals surface area contributed by atoms with E-state index in [0.29, 0.717) is 5.02 Å². The lowest BCUT2D eigenvalue weighted by Gasteiger charge is -2.10. The van der Waals surface area contributed by atoms with Crippen molar-refractivity contribution in [2.24, 2.45) is 5.73 Å². The number of benzene rings is 1. The second kappa shape index (κ2) is 8.11. The van der Waals surface area contributed by atoms with E-state index in [2.05, 4.69) is 4.98 Å². The maximum Gasteiger partial charge on any atom is 0.420 e. The van der Waals surface area contributed by atoms with E-state index < -0.39 is 12.0 Å². The SMILES string of the molecule is NCC(=O)NC(=O)Oc1ncccc1OCc1ccc(Cl)cc1. The Bertz CT molecular complexity index is 691. The highest BCUT2D eigenvalue weighted by Gasteiger charge is 2.13. The normalized spacial score (nSPS) is 10.0. The molecular formula is C15H14ClN3O4. The molecule has 0 aliphatic carbocycles. The number of carbonyl (C=O) groups excluding carboxylic acids is 2. The van der Waals surface area contributed by atoms with Gasteiger partial charge in [0.2, 0.25) is 5.91 Å². The minimum atomic E-state index is -0.976. The van der Waals surface area contributed by atoms with Crippen molar-refractivity contribution in [3.63, 3.8) is 0 Å². The van der Waals surface area contributed by atoms with Crippen molar-refractivity contribution in [3.05, 3.63) is 53.2 Å². The van der Waals surface area contributed by atoms with E-state index in [1.54, 1.807) is 24.3 Å². The Morgan fingerprint density at radius 2 is 1.96 bits per heavy atom. The molecule has 2 rings (SSSR count). The predicted molar refractivity (Wildman–Crippen MR) is 83.2 cm³/mol. The summed E-state index contributed by atoms with van der Waals surface area (Å²) >= 11 is 5.81. The first-order valence-corrected chi connectivity index (χ1v) is 7.00. The van der Waals surface area contributed by atoms with Crippen LogP contribution in [0.4, 0.5) is 4.79 Å². The standard InChI is InChI=1S/C15H14ClN3O4/c16-11-5-3-10(4-6-11)9-22-12-2-1-7-18-14(12)23-15(21)19-13(20)8-17/h1-7H,8-9,17H2,(H,19,20,21). The summed E-state index contributed by atoms with van der Waals surface area (Å²) in [6.07, 6.45) is 0.457. The Hall–Kier alpha value is -2.64. The van der Waals surface area contributed by atoms with Crippen LogP contribution in [0.15, 0.2) is 42.6 Å². The summed E-state index contributed by atoms with van der Waals surface area (Å²) < 4.78 is 10.5. The quantitative estimate of drug-likeness (QED) is 0.864. The van der Waals surface area contributed by atoms with Gasteiger partial charge in [0, 0.05) is 11.2 Å². The van der Waals surface area contributed by atoms with Gasteiger partial charge in [-0.15, -0.1) is 0 Å². The number of nitrogens with one attached hydrogen (secondary N) is 1. The van der Waals surface area contributed by atoms with Crippen molar-refractivity contribution < 1.29 is 19.1 Å². The Morgan fingerprint density at radius 1 is 1.22 bits per heavy atom. The molecule has 3 N–H and O–H groups in total. The van der Waals surface area contributed by atoms with Crippen LogP contribution in [0.25, 0.3) is 0 Å². The molecule has 0 spiro atoms. The van der Waals surface area contributed by atoms with Gasteiger partial charge in [-0.1, -0.05) is 23.7 Å². The zero-order chi connectivity index (χ0) is 16.7. The van der Waals surface area contributed by atoms with Gasteiger partial charge in [0.05, 0.1) is 6.54 Å². The van der Waals surface area contributed by atoms with Crippen LogP contribution in [0.5, 0.6) is 11.6 Å². The van der Waals surface area contributed by atoms with Gasteiger partial charge in [-0.25, -0.2) is 9.78 Å². The smallest absolute Gasteiger partial charge is 0.420 e. The highest BCUT2D eigenvalue weighted by Crippen LogP contribution is 2.24. The van der Waals surface area contributed by atoms with E-state index in [1.807, 2.05) is 17.4 Å². The molecule has 8 heteroatoms. The number of pyridine rings is 1. The molecule has 0 aliphatic rings. The molecule has 23 heavy (non-hydrogen) atoms. The Morgan fingerprint density at radius 3 is 2.65 bits per heavy atom. The van der Waals surface area contributed by atoms with Gasteiger partial charge in [0.1, 0.15) is 6.61 Å². The van der Waals surface area contributed by atoms with Crippen LogP contribution in [-0.2, 0) is 11.4 Å². The number of rotatable bonds is 5. The first-order valence-electron chi connectivity index (χ1n) is 6.62. The highest BCUT2D eigenvalue weighted by molar-refractivity contribution is 6.30. The fourth-order valence-corrected chi connectivity index (χ4v) is 1.71. The Balaban J connectivity index is 2.01. The van der Waals surface area contributed by atoms with E-state index in [9.17, 15) is 9.59 Å². The number of aromatic nitrogens is 1. The highest BCUT2D eigenvalue weighted by atomic mass is 35.5. The van der Waals surface area contributed by atoms with Crippen LogP contribution < -0.4 is 20.5 Å². The zero-order valence-electron chi connectivity index (χ0n) is 12.0. The largest absolute Gasteiger partial charge is 0.483 e. The molecule has 0 saturated carbocycles. The Kier molecular flexibility index (Phi) is 5.90. The van der Waals surface area contributed by atoms with Gasteiger partial charge in [-0.3, -0.25) is 10.1 Å². The number of hydrogen-bond donors (Lipinski definition) is 2. The van der Waals surface area contributed by atoms with E-state index in [4.69, 9.17) is 26.8 Å². The van der Waals surface area contributed by atoms with Crippen molar-refractivity contribution in [2.45, 2.75) is 6.61 Å². The minimum Gasteiger partial charge on any atom is -0.483 e. The first-order chi connectivity index (χ1) is 11.1. The zero-order valence-corrected chi connectivity index (χ0v) is 12.7. The summed E-state index contributed by atoms with van der Waals surface area (Å²) in [4.78, 5) is 26.5.